The van der Waals surface area contributed by atoms with Crippen molar-refractivity contribution in [2.45, 2.75) is 12.5 Å². The van der Waals surface area contributed by atoms with Crippen molar-refractivity contribution in [3.05, 3.63) is 29.8 Å². The summed E-state index contributed by atoms with van der Waals surface area (Å²) in [5.41, 5.74) is 7.06. The third-order valence-electron chi connectivity index (χ3n) is 2.57. The Balaban J connectivity index is 1.98. The summed E-state index contributed by atoms with van der Waals surface area (Å²) in [4.78, 5) is 4.22. The fourth-order valence-electron chi connectivity index (χ4n) is 1.71. The van der Waals surface area contributed by atoms with Gasteiger partial charge >= 0.3 is 0 Å². The Bertz CT molecular complexity index is 365. The zero-order valence-corrected chi connectivity index (χ0v) is 9.35. The maximum absolute atomic E-state index is 5.87. The minimum absolute atomic E-state index is 0.116. The van der Waals surface area contributed by atoms with Gasteiger partial charge in [0.05, 0.1) is 13.2 Å². The fraction of sp³-hybridized carbons (Fsp3) is 0.417. The summed E-state index contributed by atoms with van der Waals surface area (Å²) in [5, 5.41) is 0. The van der Waals surface area contributed by atoms with Crippen LogP contribution in [0.25, 0.3) is 0 Å². The molecule has 4 nitrogen and oxygen atoms in total. The molecule has 0 aliphatic carbocycles. The van der Waals surface area contributed by atoms with Crippen LogP contribution in [-0.2, 0) is 11.2 Å². The number of fused-ring (bicyclic) bond motifs is 1. The SMILES string of the molecule is COCCN=C(N)C1Cc2ccccc2O1. The average Bonchev–Trinajstić information content (AvgIpc) is 2.73. The quantitative estimate of drug-likeness (QED) is 0.468. The van der Waals surface area contributed by atoms with E-state index in [2.05, 4.69) is 11.1 Å². The molecule has 0 radical (unpaired) electrons. The standard InChI is InChI=1S/C12H16N2O2/c1-15-7-6-14-12(13)11-8-9-4-2-3-5-10(9)16-11/h2-5,11H,6-8H2,1H3,(H2,13,14). The second kappa shape index (κ2) is 4.99. The van der Waals surface area contributed by atoms with E-state index in [1.165, 1.54) is 5.56 Å². The molecule has 1 aromatic rings. The Labute approximate surface area is 95.1 Å². The Morgan fingerprint density at radius 1 is 1.56 bits per heavy atom. The molecule has 1 aromatic carbocycles. The van der Waals surface area contributed by atoms with Crippen LogP contribution < -0.4 is 10.5 Å². The first-order valence-electron chi connectivity index (χ1n) is 5.34. The molecule has 2 N–H and O–H groups in total. The van der Waals surface area contributed by atoms with Gasteiger partial charge in [-0.2, -0.15) is 0 Å². The van der Waals surface area contributed by atoms with Gasteiger partial charge in [0, 0.05) is 13.5 Å². The molecule has 86 valence electrons. The van der Waals surface area contributed by atoms with Crippen molar-refractivity contribution in [3.63, 3.8) is 0 Å². The molecule has 1 aliphatic heterocycles. The van der Waals surface area contributed by atoms with Crippen LogP contribution in [0, 0.1) is 0 Å². The largest absolute Gasteiger partial charge is 0.482 e. The lowest BCUT2D eigenvalue weighted by Gasteiger charge is -2.09. The molecule has 0 spiro atoms. The lowest BCUT2D eigenvalue weighted by atomic mass is 10.1. The van der Waals surface area contributed by atoms with Crippen LogP contribution in [0.15, 0.2) is 29.3 Å². The van der Waals surface area contributed by atoms with E-state index < -0.39 is 0 Å². The van der Waals surface area contributed by atoms with Crippen molar-refractivity contribution >= 4 is 5.84 Å². The molecule has 0 saturated heterocycles. The summed E-state index contributed by atoms with van der Waals surface area (Å²) >= 11 is 0. The molecule has 1 heterocycles. The molecule has 0 amide bonds. The molecule has 1 unspecified atom stereocenters. The second-order valence-corrected chi connectivity index (χ2v) is 3.72. The highest BCUT2D eigenvalue weighted by Gasteiger charge is 2.24. The number of aliphatic imine (C=N–C) groups is 1. The molecule has 0 fully saturated rings. The monoisotopic (exact) mass is 220 g/mol. The first kappa shape index (κ1) is 11.0. The number of methoxy groups -OCH3 is 1. The van der Waals surface area contributed by atoms with Crippen LogP contribution in [0.3, 0.4) is 0 Å². The zero-order chi connectivity index (χ0) is 11.4. The van der Waals surface area contributed by atoms with Gasteiger partial charge in [0.2, 0.25) is 0 Å². The van der Waals surface area contributed by atoms with Gasteiger partial charge in [0.1, 0.15) is 11.6 Å². The van der Waals surface area contributed by atoms with Crippen LogP contribution in [0.1, 0.15) is 5.56 Å². The molecule has 1 atom stereocenters. The van der Waals surface area contributed by atoms with E-state index in [0.717, 1.165) is 12.2 Å². The van der Waals surface area contributed by atoms with Gasteiger partial charge in [-0.3, -0.25) is 4.99 Å². The normalized spacial score (nSPS) is 19.3. The number of nitrogens with zero attached hydrogens (tertiary/aromatic N) is 1. The van der Waals surface area contributed by atoms with Crippen LogP contribution in [0.2, 0.25) is 0 Å². The number of hydrogen-bond acceptors (Lipinski definition) is 3. The number of hydrogen-bond donors (Lipinski definition) is 1. The van der Waals surface area contributed by atoms with Crippen molar-refractivity contribution in [1.29, 1.82) is 0 Å². The predicted molar refractivity (Wildman–Crippen MR) is 62.9 cm³/mol. The molecule has 0 saturated carbocycles. The smallest absolute Gasteiger partial charge is 0.159 e. The van der Waals surface area contributed by atoms with Crippen molar-refractivity contribution in [2.24, 2.45) is 10.7 Å². The number of amidine groups is 1. The van der Waals surface area contributed by atoms with Gasteiger partial charge in [0.25, 0.3) is 0 Å². The third kappa shape index (κ3) is 2.33. The minimum Gasteiger partial charge on any atom is -0.482 e. The maximum atomic E-state index is 5.87. The lowest BCUT2D eigenvalue weighted by molar-refractivity contribution is 0.207. The topological polar surface area (TPSA) is 56.8 Å². The van der Waals surface area contributed by atoms with Crippen LogP contribution in [0.5, 0.6) is 5.75 Å². The third-order valence-corrected chi connectivity index (χ3v) is 2.57. The molecule has 2 rings (SSSR count). The summed E-state index contributed by atoms with van der Waals surface area (Å²) in [7, 11) is 1.65. The Morgan fingerprint density at radius 2 is 2.38 bits per heavy atom. The van der Waals surface area contributed by atoms with E-state index in [0.29, 0.717) is 19.0 Å². The summed E-state index contributed by atoms with van der Waals surface area (Å²) in [6, 6.07) is 7.97. The van der Waals surface area contributed by atoms with Gasteiger partial charge in [0.15, 0.2) is 6.10 Å². The van der Waals surface area contributed by atoms with Crippen molar-refractivity contribution < 1.29 is 9.47 Å². The van der Waals surface area contributed by atoms with Crippen LogP contribution in [-0.4, -0.2) is 32.2 Å². The number of ether oxygens (including phenoxy) is 2. The van der Waals surface area contributed by atoms with Crippen molar-refractivity contribution in [3.8, 4) is 5.75 Å². The maximum Gasteiger partial charge on any atom is 0.159 e. The lowest BCUT2D eigenvalue weighted by Crippen LogP contribution is -2.33. The average molecular weight is 220 g/mol. The van der Waals surface area contributed by atoms with E-state index in [-0.39, 0.29) is 6.10 Å². The van der Waals surface area contributed by atoms with Gasteiger partial charge in [-0.05, 0) is 11.6 Å². The molecule has 1 aliphatic rings. The van der Waals surface area contributed by atoms with E-state index >= 15 is 0 Å². The highest BCUT2D eigenvalue weighted by atomic mass is 16.5. The van der Waals surface area contributed by atoms with E-state index in [9.17, 15) is 0 Å². The molecule has 16 heavy (non-hydrogen) atoms. The molecule has 4 heteroatoms. The fourth-order valence-corrected chi connectivity index (χ4v) is 1.71. The number of benzene rings is 1. The minimum atomic E-state index is -0.116. The number of rotatable bonds is 4. The van der Waals surface area contributed by atoms with Crippen LogP contribution >= 0.6 is 0 Å². The Morgan fingerprint density at radius 3 is 3.12 bits per heavy atom. The first-order chi connectivity index (χ1) is 7.81. The highest BCUT2D eigenvalue weighted by Crippen LogP contribution is 2.27. The molecular weight excluding hydrogens is 204 g/mol. The zero-order valence-electron chi connectivity index (χ0n) is 9.35. The molecule has 0 aromatic heterocycles. The summed E-state index contributed by atoms with van der Waals surface area (Å²) in [6.07, 6.45) is 0.688. The Hall–Kier alpha value is -1.55. The van der Waals surface area contributed by atoms with Crippen LogP contribution in [0.4, 0.5) is 0 Å². The first-order valence-corrected chi connectivity index (χ1v) is 5.34. The number of para-hydroxylation sites is 1. The van der Waals surface area contributed by atoms with Gasteiger partial charge in [-0.15, -0.1) is 0 Å². The second-order valence-electron chi connectivity index (χ2n) is 3.72. The summed E-state index contributed by atoms with van der Waals surface area (Å²) < 4.78 is 10.6. The summed E-state index contributed by atoms with van der Waals surface area (Å²) in [6.45, 7) is 1.17. The van der Waals surface area contributed by atoms with Gasteiger partial charge in [-0.25, -0.2) is 0 Å². The predicted octanol–water partition coefficient (Wildman–Crippen LogP) is 0.994. The van der Waals surface area contributed by atoms with Crippen molar-refractivity contribution in [2.75, 3.05) is 20.3 Å². The van der Waals surface area contributed by atoms with Crippen molar-refractivity contribution in [1.82, 2.24) is 0 Å². The highest BCUT2D eigenvalue weighted by molar-refractivity contribution is 5.86. The van der Waals surface area contributed by atoms with Gasteiger partial charge in [-0.1, -0.05) is 18.2 Å². The van der Waals surface area contributed by atoms with E-state index in [4.69, 9.17) is 15.2 Å². The van der Waals surface area contributed by atoms with Gasteiger partial charge < -0.3 is 15.2 Å². The van der Waals surface area contributed by atoms with E-state index in [1.54, 1.807) is 7.11 Å². The molecule has 0 bridgehead atoms. The Kier molecular flexibility index (Phi) is 3.41. The van der Waals surface area contributed by atoms with E-state index in [1.807, 2.05) is 18.2 Å². The number of nitrogens with two attached hydrogens (primary N) is 1. The molecular formula is C12H16N2O2. The summed E-state index contributed by atoms with van der Waals surface area (Å²) in [5.74, 6) is 1.46.